The van der Waals surface area contributed by atoms with Gasteiger partial charge in [0.2, 0.25) is 0 Å². The van der Waals surface area contributed by atoms with E-state index in [0.29, 0.717) is 24.2 Å². The van der Waals surface area contributed by atoms with Crippen LogP contribution in [0.4, 0.5) is 0 Å². The maximum Gasteiger partial charge on any atom is 0.115 e. The van der Waals surface area contributed by atoms with Gasteiger partial charge >= 0.3 is 0 Å². The lowest BCUT2D eigenvalue weighted by Crippen LogP contribution is -2.05. The molecule has 0 saturated carbocycles. The SMILES string of the molecule is CS(C)=O.CS(C)=O.c1ccc(-c2cc(CCc3cc(-c4ccccn4)nnc3-c3ccccn3)c(-c3ccccn3)nn2)nc1. The van der Waals surface area contributed by atoms with E-state index in [9.17, 15) is 8.42 Å². The zero-order valence-electron chi connectivity index (χ0n) is 26.0. The van der Waals surface area contributed by atoms with Gasteiger partial charge < -0.3 is 0 Å². The Morgan fingerprint density at radius 2 is 0.739 bits per heavy atom. The Labute approximate surface area is 273 Å². The molecule has 6 aromatic rings. The van der Waals surface area contributed by atoms with Crippen LogP contribution in [0.2, 0.25) is 0 Å². The van der Waals surface area contributed by atoms with Crippen molar-refractivity contribution in [1.29, 1.82) is 0 Å². The van der Waals surface area contributed by atoms with Gasteiger partial charge in [-0.2, -0.15) is 0 Å². The van der Waals surface area contributed by atoms with Crippen LogP contribution in [0.25, 0.3) is 45.6 Å². The smallest absolute Gasteiger partial charge is 0.115 e. The molecule has 0 amide bonds. The highest BCUT2D eigenvalue weighted by atomic mass is 32.2. The van der Waals surface area contributed by atoms with Crippen molar-refractivity contribution in [2.45, 2.75) is 12.8 Å². The van der Waals surface area contributed by atoms with Crippen molar-refractivity contribution in [3.05, 3.63) is 121 Å². The maximum absolute atomic E-state index is 9.56. The Balaban J connectivity index is 0.000000541. The average Bonchev–Trinajstić information content (AvgIpc) is 3.08. The topological polar surface area (TPSA) is 137 Å². The van der Waals surface area contributed by atoms with E-state index in [1.165, 1.54) is 0 Å². The Kier molecular flexibility index (Phi) is 12.9. The van der Waals surface area contributed by atoms with Crippen molar-refractivity contribution >= 4 is 21.6 Å². The van der Waals surface area contributed by atoms with Crippen LogP contribution in [-0.2, 0) is 34.4 Å². The Hall–Kier alpha value is -4.94. The van der Waals surface area contributed by atoms with E-state index < -0.39 is 21.6 Å². The molecule has 46 heavy (non-hydrogen) atoms. The van der Waals surface area contributed by atoms with Crippen molar-refractivity contribution in [3.8, 4) is 45.6 Å². The lowest BCUT2D eigenvalue weighted by Gasteiger charge is -2.12. The predicted octanol–water partition coefficient (Wildman–Crippen LogP) is 5.29. The number of hydrogen-bond acceptors (Lipinski definition) is 10. The summed E-state index contributed by atoms with van der Waals surface area (Å²) in [4.78, 5) is 18.0. The molecule has 0 atom stereocenters. The largest absolute Gasteiger partial charge is 0.260 e. The van der Waals surface area contributed by atoms with Crippen molar-refractivity contribution < 1.29 is 8.42 Å². The first-order valence-corrected chi connectivity index (χ1v) is 18.1. The Morgan fingerprint density at radius 3 is 1.02 bits per heavy atom. The van der Waals surface area contributed by atoms with E-state index in [1.807, 2.05) is 84.9 Å². The highest BCUT2D eigenvalue weighted by Gasteiger charge is 2.16. The summed E-state index contributed by atoms with van der Waals surface area (Å²) < 4.78 is 19.1. The minimum Gasteiger partial charge on any atom is -0.260 e. The van der Waals surface area contributed by atoms with Crippen LogP contribution in [0.15, 0.2) is 110 Å². The first-order valence-electron chi connectivity index (χ1n) is 14.2. The second-order valence-corrected chi connectivity index (χ2v) is 13.0. The average molecular weight is 651 g/mol. The summed E-state index contributed by atoms with van der Waals surface area (Å²) in [5.41, 5.74) is 8.04. The third kappa shape index (κ3) is 10.3. The van der Waals surface area contributed by atoms with Crippen molar-refractivity contribution in [2.24, 2.45) is 0 Å². The highest BCUT2D eigenvalue weighted by Crippen LogP contribution is 2.27. The molecule has 6 heterocycles. The fourth-order valence-electron chi connectivity index (χ4n) is 4.23. The van der Waals surface area contributed by atoms with Crippen molar-refractivity contribution in [3.63, 3.8) is 0 Å². The van der Waals surface area contributed by atoms with Gasteiger partial charge in [0.05, 0.1) is 22.8 Å². The Bertz CT molecular complexity index is 1720. The molecule has 0 radical (unpaired) electrons. The van der Waals surface area contributed by atoms with E-state index in [4.69, 9.17) is 0 Å². The standard InChI is InChI=1S/C30H22N8.2C2H6OS/c1-5-15-31-23(9-1)27-19-21(29(37-35-27)25-11-3-7-17-33-25)13-14-22-20-28(24-10-2-6-16-32-24)36-38-30(22)26-12-4-8-18-34-26;2*1-4(2)3/h1-12,15-20H,13-14H2;2*1-2H3. The number of aromatic nitrogens is 8. The maximum atomic E-state index is 9.56. The van der Waals surface area contributed by atoms with Crippen LogP contribution in [0, 0.1) is 0 Å². The molecule has 12 heteroatoms. The molecule has 0 spiro atoms. The first-order chi connectivity index (χ1) is 22.3. The van der Waals surface area contributed by atoms with Gasteiger partial charge in [-0.3, -0.25) is 28.4 Å². The van der Waals surface area contributed by atoms with Gasteiger partial charge in [-0.1, -0.05) is 24.3 Å². The van der Waals surface area contributed by atoms with Gasteiger partial charge in [0.1, 0.15) is 22.8 Å². The van der Waals surface area contributed by atoms with Crippen LogP contribution < -0.4 is 0 Å². The third-order valence-electron chi connectivity index (χ3n) is 6.08. The number of hydrogen-bond donors (Lipinski definition) is 0. The molecule has 6 aromatic heterocycles. The summed E-state index contributed by atoms with van der Waals surface area (Å²) in [6, 6.07) is 27.2. The predicted molar refractivity (Wildman–Crippen MR) is 184 cm³/mol. The molecule has 10 nitrogen and oxygen atoms in total. The molecular weight excluding hydrogens is 617 g/mol. The third-order valence-corrected chi connectivity index (χ3v) is 6.08. The van der Waals surface area contributed by atoms with E-state index in [1.54, 1.807) is 49.8 Å². The van der Waals surface area contributed by atoms with Gasteiger partial charge in [-0.05, 0) is 84.6 Å². The Morgan fingerprint density at radius 1 is 0.435 bits per heavy atom. The highest BCUT2D eigenvalue weighted by molar-refractivity contribution is 7.83. The fourth-order valence-corrected chi connectivity index (χ4v) is 4.23. The van der Waals surface area contributed by atoms with Crippen LogP contribution in [0.5, 0.6) is 0 Å². The van der Waals surface area contributed by atoms with Crippen LogP contribution in [0.3, 0.4) is 0 Å². The summed E-state index contributed by atoms with van der Waals surface area (Å²) in [5, 5.41) is 18.1. The first kappa shape index (κ1) is 33.9. The minimum atomic E-state index is -0.611. The number of pyridine rings is 4. The normalized spacial score (nSPS) is 10.5. The molecular formula is C34H34N8O2S2. The van der Waals surface area contributed by atoms with Gasteiger partial charge in [0, 0.05) is 71.4 Å². The summed E-state index contributed by atoms with van der Waals surface area (Å²) in [7, 11) is -1.22. The van der Waals surface area contributed by atoms with E-state index in [0.717, 1.165) is 45.3 Å². The molecule has 0 aliphatic heterocycles. The number of aryl methyl sites for hydroxylation is 2. The van der Waals surface area contributed by atoms with Gasteiger partial charge in [0.15, 0.2) is 0 Å². The summed E-state index contributed by atoms with van der Waals surface area (Å²) in [6.07, 6.45) is 14.9. The summed E-state index contributed by atoms with van der Waals surface area (Å²) >= 11 is 0. The molecule has 0 bridgehead atoms. The van der Waals surface area contributed by atoms with Crippen molar-refractivity contribution in [2.75, 3.05) is 25.0 Å². The molecule has 6 rings (SSSR count). The van der Waals surface area contributed by atoms with E-state index in [-0.39, 0.29) is 0 Å². The quantitative estimate of drug-likeness (QED) is 0.224. The molecule has 0 unspecified atom stereocenters. The molecule has 0 aliphatic carbocycles. The molecule has 0 aromatic carbocycles. The second-order valence-electron chi connectivity index (χ2n) is 10.0. The number of rotatable bonds is 7. The molecule has 0 N–H and O–H groups in total. The molecule has 0 fully saturated rings. The summed E-state index contributed by atoms with van der Waals surface area (Å²) in [5.74, 6) is 0. The zero-order valence-corrected chi connectivity index (χ0v) is 27.7. The van der Waals surface area contributed by atoms with E-state index >= 15 is 0 Å². The zero-order chi connectivity index (χ0) is 32.7. The van der Waals surface area contributed by atoms with Crippen LogP contribution in [0.1, 0.15) is 11.1 Å². The van der Waals surface area contributed by atoms with E-state index in [2.05, 4.69) is 40.3 Å². The minimum absolute atomic E-state index is 0.611. The molecule has 0 aliphatic rings. The lowest BCUT2D eigenvalue weighted by atomic mass is 9.98. The fraction of sp³-hybridized carbons (Fsp3) is 0.176. The monoisotopic (exact) mass is 650 g/mol. The molecule has 234 valence electrons. The number of nitrogens with zero attached hydrogens (tertiary/aromatic N) is 8. The summed E-state index contributed by atoms with van der Waals surface area (Å²) in [6.45, 7) is 0. The van der Waals surface area contributed by atoms with Gasteiger partial charge in [0.25, 0.3) is 0 Å². The van der Waals surface area contributed by atoms with Crippen molar-refractivity contribution in [1.82, 2.24) is 40.3 Å². The van der Waals surface area contributed by atoms with Crippen LogP contribution >= 0.6 is 0 Å². The van der Waals surface area contributed by atoms with Gasteiger partial charge in [-0.25, -0.2) is 0 Å². The second kappa shape index (κ2) is 17.5. The van der Waals surface area contributed by atoms with Crippen LogP contribution in [-0.4, -0.2) is 73.8 Å². The molecule has 0 saturated heterocycles. The van der Waals surface area contributed by atoms with Gasteiger partial charge in [-0.15, -0.1) is 20.4 Å². The lowest BCUT2D eigenvalue weighted by molar-refractivity contribution is 0.689.